The van der Waals surface area contributed by atoms with E-state index in [1.807, 2.05) is 0 Å². The summed E-state index contributed by atoms with van der Waals surface area (Å²) in [5.74, 6) is -1.15. The van der Waals surface area contributed by atoms with Crippen LogP contribution in [0.4, 0.5) is 13.2 Å². The second-order valence-electron chi connectivity index (χ2n) is 4.74. The van der Waals surface area contributed by atoms with E-state index in [-0.39, 0.29) is 21.9 Å². The molecule has 0 bridgehead atoms. The van der Waals surface area contributed by atoms with Crippen LogP contribution in [0.5, 0.6) is 0 Å². The highest BCUT2D eigenvalue weighted by Gasteiger charge is 2.34. The number of benzene rings is 2. The van der Waals surface area contributed by atoms with Crippen molar-refractivity contribution in [1.29, 1.82) is 0 Å². The average molecular weight is 341 g/mol. The Morgan fingerprint density at radius 2 is 1.87 bits per heavy atom. The number of carbonyl (C=O) groups is 1. The number of imidazole rings is 1. The minimum absolute atomic E-state index is 0.00704. The van der Waals surface area contributed by atoms with E-state index in [0.717, 1.165) is 6.07 Å². The SMILES string of the molecule is O=C(O)c1cccc(-n2c(Cl)nc3c(C(F)(F)F)cccc32)c1. The van der Waals surface area contributed by atoms with Crippen LogP contribution in [-0.4, -0.2) is 20.6 Å². The van der Waals surface area contributed by atoms with E-state index in [0.29, 0.717) is 5.69 Å². The van der Waals surface area contributed by atoms with Gasteiger partial charge in [0, 0.05) is 5.69 Å². The predicted octanol–water partition coefficient (Wildman–Crippen LogP) is 4.40. The highest BCUT2D eigenvalue weighted by Crippen LogP contribution is 2.36. The standard InChI is InChI=1S/C15H8ClF3N2O2/c16-14-20-12-10(15(17,18)19)5-2-6-11(12)21(14)9-4-1-3-8(7-9)13(22)23/h1-7H,(H,22,23). The van der Waals surface area contributed by atoms with Gasteiger partial charge in [-0.25, -0.2) is 9.78 Å². The lowest BCUT2D eigenvalue weighted by Crippen LogP contribution is -2.05. The maximum atomic E-state index is 13.1. The predicted molar refractivity (Wildman–Crippen MR) is 78.0 cm³/mol. The molecule has 0 saturated carbocycles. The van der Waals surface area contributed by atoms with Gasteiger partial charge in [0.1, 0.15) is 5.52 Å². The van der Waals surface area contributed by atoms with Crippen molar-refractivity contribution in [1.82, 2.24) is 9.55 Å². The van der Waals surface area contributed by atoms with Gasteiger partial charge >= 0.3 is 12.1 Å². The summed E-state index contributed by atoms with van der Waals surface area (Å²) in [4.78, 5) is 14.8. The Morgan fingerprint density at radius 1 is 1.17 bits per heavy atom. The van der Waals surface area contributed by atoms with E-state index in [2.05, 4.69) is 4.98 Å². The molecular weight excluding hydrogens is 333 g/mol. The normalized spacial score (nSPS) is 11.8. The van der Waals surface area contributed by atoms with Gasteiger partial charge in [-0.2, -0.15) is 13.2 Å². The Morgan fingerprint density at radius 3 is 2.52 bits per heavy atom. The lowest BCUT2D eigenvalue weighted by molar-refractivity contribution is -0.136. The fourth-order valence-corrected chi connectivity index (χ4v) is 2.60. The Hall–Kier alpha value is -2.54. The zero-order valence-corrected chi connectivity index (χ0v) is 12.1. The van der Waals surface area contributed by atoms with Crippen LogP contribution in [0, 0.1) is 0 Å². The van der Waals surface area contributed by atoms with E-state index in [1.54, 1.807) is 6.07 Å². The Labute approximate surface area is 132 Å². The zero-order valence-electron chi connectivity index (χ0n) is 11.3. The van der Waals surface area contributed by atoms with Crippen LogP contribution in [0.3, 0.4) is 0 Å². The molecule has 1 aromatic heterocycles. The summed E-state index contributed by atoms with van der Waals surface area (Å²) in [6, 6.07) is 9.32. The molecule has 0 atom stereocenters. The number of nitrogens with zero attached hydrogens (tertiary/aromatic N) is 2. The number of alkyl halides is 3. The molecule has 0 fully saturated rings. The van der Waals surface area contributed by atoms with Crippen molar-refractivity contribution in [2.24, 2.45) is 0 Å². The van der Waals surface area contributed by atoms with Gasteiger partial charge in [0.2, 0.25) is 5.28 Å². The van der Waals surface area contributed by atoms with Crippen molar-refractivity contribution >= 4 is 28.6 Å². The highest BCUT2D eigenvalue weighted by molar-refractivity contribution is 6.29. The fraction of sp³-hybridized carbons (Fsp3) is 0.0667. The van der Waals surface area contributed by atoms with E-state index in [4.69, 9.17) is 16.7 Å². The van der Waals surface area contributed by atoms with Gasteiger partial charge in [-0.15, -0.1) is 0 Å². The zero-order chi connectivity index (χ0) is 16.8. The van der Waals surface area contributed by atoms with Crippen molar-refractivity contribution in [2.75, 3.05) is 0 Å². The molecule has 3 aromatic rings. The molecule has 118 valence electrons. The second-order valence-corrected chi connectivity index (χ2v) is 5.08. The van der Waals surface area contributed by atoms with Crippen LogP contribution in [0.25, 0.3) is 16.7 Å². The molecule has 0 spiro atoms. The molecule has 0 aliphatic heterocycles. The highest BCUT2D eigenvalue weighted by atomic mass is 35.5. The number of para-hydroxylation sites is 1. The summed E-state index contributed by atoms with van der Waals surface area (Å²) in [5, 5.41) is 8.85. The Bertz CT molecular complexity index is 919. The van der Waals surface area contributed by atoms with Gasteiger partial charge in [-0.05, 0) is 41.9 Å². The molecule has 8 heteroatoms. The van der Waals surface area contributed by atoms with Crippen LogP contribution >= 0.6 is 11.6 Å². The fourth-order valence-electron chi connectivity index (χ4n) is 2.32. The van der Waals surface area contributed by atoms with Crippen molar-refractivity contribution in [2.45, 2.75) is 6.18 Å². The molecule has 3 rings (SSSR count). The summed E-state index contributed by atoms with van der Waals surface area (Å²) < 4.78 is 40.5. The van der Waals surface area contributed by atoms with Gasteiger partial charge in [-0.3, -0.25) is 4.57 Å². The number of hydrogen-bond donors (Lipinski definition) is 1. The topological polar surface area (TPSA) is 55.1 Å². The molecule has 0 aliphatic rings. The number of fused-ring (bicyclic) bond motifs is 1. The second kappa shape index (κ2) is 5.27. The Balaban J connectivity index is 2.29. The molecule has 4 nitrogen and oxygen atoms in total. The maximum Gasteiger partial charge on any atom is 0.418 e. The quantitative estimate of drug-likeness (QED) is 0.752. The number of carboxylic acids is 1. The van der Waals surface area contributed by atoms with Crippen molar-refractivity contribution in [3.05, 3.63) is 58.9 Å². The monoisotopic (exact) mass is 340 g/mol. The van der Waals surface area contributed by atoms with Crippen LogP contribution in [0.2, 0.25) is 5.28 Å². The molecule has 1 heterocycles. The van der Waals surface area contributed by atoms with E-state index in [9.17, 15) is 18.0 Å². The molecule has 2 aromatic carbocycles. The van der Waals surface area contributed by atoms with Crippen LogP contribution in [-0.2, 0) is 6.18 Å². The molecule has 0 radical (unpaired) electrons. The third-order valence-corrected chi connectivity index (χ3v) is 3.55. The molecule has 23 heavy (non-hydrogen) atoms. The van der Waals surface area contributed by atoms with E-state index >= 15 is 0 Å². The largest absolute Gasteiger partial charge is 0.478 e. The summed E-state index contributed by atoms with van der Waals surface area (Å²) in [6.45, 7) is 0. The van der Waals surface area contributed by atoms with Crippen LogP contribution in [0.15, 0.2) is 42.5 Å². The summed E-state index contributed by atoms with van der Waals surface area (Å²) >= 11 is 5.99. The van der Waals surface area contributed by atoms with Gasteiger partial charge < -0.3 is 5.11 Å². The first-order valence-corrected chi connectivity index (χ1v) is 6.75. The van der Waals surface area contributed by atoms with E-state index in [1.165, 1.54) is 34.9 Å². The summed E-state index contributed by atoms with van der Waals surface area (Å²) in [7, 11) is 0. The molecule has 0 saturated heterocycles. The number of rotatable bonds is 2. The number of aromatic nitrogens is 2. The van der Waals surface area contributed by atoms with Gasteiger partial charge in [0.05, 0.1) is 16.6 Å². The molecule has 0 amide bonds. The van der Waals surface area contributed by atoms with Crippen molar-refractivity contribution in [3.63, 3.8) is 0 Å². The first kappa shape index (κ1) is 15.4. The van der Waals surface area contributed by atoms with Gasteiger partial charge in [0.25, 0.3) is 0 Å². The number of aromatic carboxylic acids is 1. The minimum Gasteiger partial charge on any atom is -0.478 e. The lowest BCUT2D eigenvalue weighted by atomic mass is 10.1. The first-order valence-electron chi connectivity index (χ1n) is 6.37. The van der Waals surface area contributed by atoms with Gasteiger partial charge in [-0.1, -0.05) is 12.1 Å². The average Bonchev–Trinajstić information content (AvgIpc) is 2.81. The third-order valence-electron chi connectivity index (χ3n) is 3.30. The van der Waals surface area contributed by atoms with E-state index < -0.39 is 17.7 Å². The van der Waals surface area contributed by atoms with Crippen molar-refractivity contribution < 1.29 is 23.1 Å². The first-order chi connectivity index (χ1) is 10.8. The number of hydrogen-bond acceptors (Lipinski definition) is 2. The van der Waals surface area contributed by atoms with Crippen molar-refractivity contribution in [3.8, 4) is 5.69 Å². The summed E-state index contributed by atoms with van der Waals surface area (Å²) in [5.41, 5.74) is -0.729. The molecule has 0 unspecified atom stereocenters. The molecular formula is C15H8ClF3N2O2. The minimum atomic E-state index is -4.56. The van der Waals surface area contributed by atoms with Crippen LogP contribution < -0.4 is 0 Å². The number of carboxylic acid groups (broad SMARTS) is 1. The number of halogens is 4. The van der Waals surface area contributed by atoms with Crippen LogP contribution in [0.1, 0.15) is 15.9 Å². The summed E-state index contributed by atoms with van der Waals surface area (Å²) in [6.07, 6.45) is -4.56. The molecule has 0 aliphatic carbocycles. The third kappa shape index (κ3) is 2.63. The van der Waals surface area contributed by atoms with Gasteiger partial charge in [0.15, 0.2) is 0 Å². The Kier molecular flexibility index (Phi) is 3.52. The molecule has 1 N–H and O–H groups in total. The maximum absolute atomic E-state index is 13.1. The smallest absolute Gasteiger partial charge is 0.418 e. The lowest BCUT2D eigenvalue weighted by Gasteiger charge is -2.09.